The minimum atomic E-state index is -0.798. The van der Waals surface area contributed by atoms with E-state index in [0.29, 0.717) is 6.42 Å². The van der Waals surface area contributed by atoms with Crippen LogP contribution in [-0.2, 0) is 11.2 Å². The number of hydrogen-bond acceptors (Lipinski definition) is 2. The van der Waals surface area contributed by atoms with Gasteiger partial charge in [0.15, 0.2) is 0 Å². The molecule has 0 spiro atoms. The third-order valence-electron chi connectivity index (χ3n) is 3.00. The van der Waals surface area contributed by atoms with E-state index in [1.54, 1.807) is 7.05 Å². The van der Waals surface area contributed by atoms with Crippen molar-refractivity contribution in [3.05, 3.63) is 41.5 Å². The monoisotopic (exact) mass is 217 g/mol. The van der Waals surface area contributed by atoms with Crippen LogP contribution in [0.2, 0.25) is 0 Å². The molecule has 0 saturated carbocycles. The molecule has 1 aromatic carbocycles. The van der Waals surface area contributed by atoms with Crippen LogP contribution in [0.4, 0.5) is 0 Å². The van der Waals surface area contributed by atoms with Crippen LogP contribution in [0.1, 0.15) is 17.5 Å². The molecule has 84 valence electrons. The number of carboxylic acid groups (broad SMARTS) is 1. The van der Waals surface area contributed by atoms with Crippen molar-refractivity contribution in [1.82, 2.24) is 5.32 Å². The van der Waals surface area contributed by atoms with E-state index in [9.17, 15) is 4.79 Å². The highest BCUT2D eigenvalue weighted by molar-refractivity contribution is 5.80. The van der Waals surface area contributed by atoms with E-state index in [1.165, 1.54) is 11.1 Å². The van der Waals surface area contributed by atoms with Crippen molar-refractivity contribution in [2.24, 2.45) is 0 Å². The molecule has 0 saturated heterocycles. The van der Waals surface area contributed by atoms with Gasteiger partial charge < -0.3 is 10.4 Å². The number of aliphatic carboxylic acids is 1. The molecule has 1 unspecified atom stereocenters. The van der Waals surface area contributed by atoms with Gasteiger partial charge in [0.05, 0.1) is 0 Å². The zero-order chi connectivity index (χ0) is 11.5. The molecule has 2 rings (SSSR count). The second-order valence-corrected chi connectivity index (χ2v) is 3.97. The van der Waals surface area contributed by atoms with Gasteiger partial charge >= 0.3 is 5.97 Å². The average molecular weight is 217 g/mol. The fourth-order valence-corrected chi connectivity index (χ4v) is 2.08. The first kappa shape index (κ1) is 10.9. The van der Waals surface area contributed by atoms with Gasteiger partial charge in [0, 0.05) is 0 Å². The molecule has 0 bridgehead atoms. The summed E-state index contributed by atoms with van der Waals surface area (Å²) < 4.78 is 0. The van der Waals surface area contributed by atoms with Crippen molar-refractivity contribution in [3.8, 4) is 0 Å². The van der Waals surface area contributed by atoms with Gasteiger partial charge in [-0.3, -0.25) is 4.79 Å². The Balaban J connectivity index is 2.16. The van der Waals surface area contributed by atoms with Crippen LogP contribution in [0.15, 0.2) is 30.3 Å². The molecule has 1 aromatic rings. The van der Waals surface area contributed by atoms with Crippen LogP contribution < -0.4 is 5.32 Å². The Labute approximate surface area is 94.8 Å². The quantitative estimate of drug-likeness (QED) is 0.806. The number of rotatable bonds is 4. The van der Waals surface area contributed by atoms with E-state index in [4.69, 9.17) is 5.11 Å². The first-order valence-corrected chi connectivity index (χ1v) is 5.39. The number of hydrogen-bond donors (Lipinski definition) is 2. The van der Waals surface area contributed by atoms with E-state index >= 15 is 0 Å². The van der Waals surface area contributed by atoms with Crippen LogP contribution in [-0.4, -0.2) is 24.2 Å². The van der Waals surface area contributed by atoms with Crippen molar-refractivity contribution in [2.45, 2.75) is 18.9 Å². The Morgan fingerprint density at radius 2 is 2.25 bits per heavy atom. The number of carboxylic acids is 1. The molecule has 0 heterocycles. The van der Waals surface area contributed by atoms with Crippen molar-refractivity contribution in [3.63, 3.8) is 0 Å². The summed E-state index contributed by atoms with van der Waals surface area (Å²) in [7, 11) is 1.68. The lowest BCUT2D eigenvalue weighted by Crippen LogP contribution is -2.33. The molecule has 1 aliphatic rings. The van der Waals surface area contributed by atoms with Gasteiger partial charge in [0.1, 0.15) is 6.04 Å². The minimum Gasteiger partial charge on any atom is -0.480 e. The molecule has 16 heavy (non-hydrogen) atoms. The zero-order valence-corrected chi connectivity index (χ0v) is 9.23. The first-order chi connectivity index (χ1) is 7.72. The third-order valence-corrected chi connectivity index (χ3v) is 3.00. The highest BCUT2D eigenvalue weighted by Crippen LogP contribution is 2.30. The fraction of sp³-hybridized carbons (Fsp3) is 0.308. The van der Waals surface area contributed by atoms with E-state index in [1.807, 2.05) is 12.1 Å². The summed E-state index contributed by atoms with van der Waals surface area (Å²) in [5.74, 6) is -0.798. The average Bonchev–Trinajstić information content (AvgIpc) is 2.69. The molecule has 0 aliphatic heterocycles. The summed E-state index contributed by atoms with van der Waals surface area (Å²) in [5, 5.41) is 11.8. The molecule has 3 nitrogen and oxygen atoms in total. The second-order valence-electron chi connectivity index (χ2n) is 3.97. The largest absolute Gasteiger partial charge is 0.480 e. The minimum absolute atomic E-state index is 0.502. The Morgan fingerprint density at radius 3 is 2.94 bits per heavy atom. The van der Waals surface area contributed by atoms with E-state index < -0.39 is 12.0 Å². The lowest BCUT2D eigenvalue weighted by Gasteiger charge is -2.12. The summed E-state index contributed by atoms with van der Waals surface area (Å²) in [6, 6.07) is 7.66. The molecule has 0 radical (unpaired) electrons. The molecular formula is C13H15NO2. The zero-order valence-electron chi connectivity index (χ0n) is 9.23. The Bertz CT molecular complexity index is 437. The third kappa shape index (κ3) is 1.99. The molecule has 0 aromatic heterocycles. The predicted molar refractivity (Wildman–Crippen MR) is 63.2 cm³/mol. The summed E-state index contributed by atoms with van der Waals surface area (Å²) in [5.41, 5.74) is 3.62. The van der Waals surface area contributed by atoms with Crippen LogP contribution in [0.3, 0.4) is 0 Å². The Kier molecular flexibility index (Phi) is 3.06. The molecule has 1 aliphatic carbocycles. The normalized spacial score (nSPS) is 15.4. The van der Waals surface area contributed by atoms with Crippen LogP contribution >= 0.6 is 0 Å². The fourth-order valence-electron chi connectivity index (χ4n) is 2.08. The van der Waals surface area contributed by atoms with E-state index in [-0.39, 0.29) is 0 Å². The van der Waals surface area contributed by atoms with Crippen LogP contribution in [0.25, 0.3) is 5.57 Å². The molecule has 2 N–H and O–H groups in total. The maximum atomic E-state index is 10.9. The maximum Gasteiger partial charge on any atom is 0.321 e. The molecular weight excluding hydrogens is 202 g/mol. The van der Waals surface area contributed by atoms with Gasteiger partial charge in [-0.05, 0) is 36.6 Å². The number of likely N-dealkylation sites (N-methyl/N-ethyl adjacent to an activating group) is 1. The Morgan fingerprint density at radius 1 is 1.50 bits per heavy atom. The number of fused-ring (bicyclic) bond motifs is 1. The summed E-state index contributed by atoms with van der Waals surface area (Å²) >= 11 is 0. The molecule has 3 heteroatoms. The van der Waals surface area contributed by atoms with Gasteiger partial charge in [0.2, 0.25) is 0 Å². The SMILES string of the molecule is CNC(CC1=CCc2ccccc21)C(=O)O. The van der Waals surface area contributed by atoms with Gasteiger partial charge in [-0.1, -0.05) is 30.3 Å². The highest BCUT2D eigenvalue weighted by atomic mass is 16.4. The van der Waals surface area contributed by atoms with Gasteiger partial charge in [-0.15, -0.1) is 0 Å². The highest BCUT2D eigenvalue weighted by Gasteiger charge is 2.21. The maximum absolute atomic E-state index is 10.9. The van der Waals surface area contributed by atoms with E-state index in [2.05, 4.69) is 23.5 Å². The lowest BCUT2D eigenvalue weighted by atomic mass is 10.00. The lowest BCUT2D eigenvalue weighted by molar-refractivity contribution is -0.139. The number of allylic oxidation sites excluding steroid dienone is 1. The van der Waals surface area contributed by atoms with Gasteiger partial charge in [-0.2, -0.15) is 0 Å². The van der Waals surface area contributed by atoms with E-state index in [0.717, 1.165) is 12.0 Å². The topological polar surface area (TPSA) is 49.3 Å². The molecule has 1 atom stereocenters. The first-order valence-electron chi connectivity index (χ1n) is 5.39. The smallest absolute Gasteiger partial charge is 0.321 e. The van der Waals surface area contributed by atoms with Gasteiger partial charge in [0.25, 0.3) is 0 Å². The Hall–Kier alpha value is -1.61. The molecule has 0 amide bonds. The number of nitrogens with one attached hydrogen (secondary N) is 1. The second kappa shape index (κ2) is 4.49. The van der Waals surface area contributed by atoms with Crippen LogP contribution in [0.5, 0.6) is 0 Å². The standard InChI is InChI=1S/C13H15NO2/c1-14-12(13(15)16)8-10-7-6-9-4-2-3-5-11(9)10/h2-5,7,12,14H,6,8H2,1H3,(H,15,16). The van der Waals surface area contributed by atoms with Crippen molar-refractivity contribution in [2.75, 3.05) is 7.05 Å². The summed E-state index contributed by atoms with van der Waals surface area (Å²) in [4.78, 5) is 10.9. The van der Waals surface area contributed by atoms with Crippen molar-refractivity contribution < 1.29 is 9.90 Å². The summed E-state index contributed by atoms with van der Waals surface area (Å²) in [6.07, 6.45) is 3.59. The number of carbonyl (C=O) groups is 1. The summed E-state index contributed by atoms with van der Waals surface area (Å²) in [6.45, 7) is 0. The van der Waals surface area contributed by atoms with Gasteiger partial charge in [-0.25, -0.2) is 0 Å². The molecule has 0 fully saturated rings. The number of benzene rings is 1. The predicted octanol–water partition coefficient (Wildman–Crippen LogP) is 1.69. The van der Waals surface area contributed by atoms with Crippen LogP contribution in [0, 0.1) is 0 Å². The van der Waals surface area contributed by atoms with Crippen molar-refractivity contribution in [1.29, 1.82) is 0 Å². The van der Waals surface area contributed by atoms with Crippen molar-refractivity contribution >= 4 is 11.5 Å².